The Morgan fingerprint density at radius 1 is 1.24 bits per heavy atom. The topological polar surface area (TPSA) is 58.7 Å². The van der Waals surface area contributed by atoms with Crippen molar-refractivity contribution in [2.75, 3.05) is 19.6 Å². The van der Waals surface area contributed by atoms with Gasteiger partial charge in [0, 0.05) is 19.1 Å². The maximum absolute atomic E-state index is 13.1. The number of nitrogens with zero attached hydrogens (tertiary/aromatic N) is 1. The first-order valence-electron chi connectivity index (χ1n) is 9.29. The Balaban J connectivity index is 1.44. The summed E-state index contributed by atoms with van der Waals surface area (Å²) in [5.74, 6) is 0.805. The number of likely N-dealkylation sites (tertiary alicyclic amines) is 1. The van der Waals surface area contributed by atoms with Gasteiger partial charge in [0.05, 0.1) is 5.02 Å². The molecule has 0 spiro atoms. The molecule has 2 aliphatic rings. The Morgan fingerprint density at radius 3 is 2.68 bits per heavy atom. The second kappa shape index (κ2) is 8.67. The Hall–Kier alpha value is -0.880. The third-order valence-corrected chi connectivity index (χ3v) is 5.82. The van der Waals surface area contributed by atoms with E-state index in [0.717, 1.165) is 38.3 Å². The van der Waals surface area contributed by atoms with E-state index in [-0.39, 0.29) is 11.1 Å². The van der Waals surface area contributed by atoms with Gasteiger partial charge in [-0.15, -0.1) is 0 Å². The second-order valence-electron chi connectivity index (χ2n) is 7.46. The summed E-state index contributed by atoms with van der Waals surface area (Å²) >= 11 is 6.01. The number of benzene rings is 1. The number of piperidine rings is 1. The molecule has 1 aliphatic heterocycles. The molecule has 1 heterocycles. The maximum atomic E-state index is 13.1. The summed E-state index contributed by atoms with van der Waals surface area (Å²) in [6.45, 7) is 2.52. The van der Waals surface area contributed by atoms with Crippen LogP contribution in [0.25, 0.3) is 0 Å². The first-order valence-corrected chi connectivity index (χ1v) is 9.67. The quantitative estimate of drug-likeness (QED) is 0.835. The predicted octanol–water partition coefficient (Wildman–Crippen LogP) is 3.20. The van der Waals surface area contributed by atoms with Gasteiger partial charge in [0.25, 0.3) is 0 Å². The van der Waals surface area contributed by atoms with Crippen molar-refractivity contribution in [1.82, 2.24) is 4.90 Å². The number of hydrogen-bond acceptors (Lipinski definition) is 4. The van der Waals surface area contributed by atoms with Crippen LogP contribution < -0.4 is 10.5 Å². The van der Waals surface area contributed by atoms with E-state index in [1.54, 1.807) is 0 Å². The summed E-state index contributed by atoms with van der Waals surface area (Å²) in [7, 11) is 0. The molecule has 2 atom stereocenters. The number of β-amino-alcohol motifs (C(OH)–C–C–N with tert-alkyl or cyclic N) is 1. The molecule has 1 aromatic carbocycles. The zero-order valence-electron chi connectivity index (χ0n) is 14.5. The van der Waals surface area contributed by atoms with E-state index in [9.17, 15) is 9.50 Å². The van der Waals surface area contributed by atoms with E-state index in [2.05, 4.69) is 4.90 Å². The van der Waals surface area contributed by atoms with Crippen LogP contribution >= 0.6 is 11.6 Å². The van der Waals surface area contributed by atoms with Gasteiger partial charge in [0.1, 0.15) is 23.8 Å². The van der Waals surface area contributed by atoms with E-state index in [0.29, 0.717) is 18.3 Å². The first-order chi connectivity index (χ1) is 12.0. The van der Waals surface area contributed by atoms with Gasteiger partial charge in [-0.1, -0.05) is 11.6 Å². The smallest absolute Gasteiger partial charge is 0.138 e. The van der Waals surface area contributed by atoms with Crippen LogP contribution in [0.3, 0.4) is 0 Å². The van der Waals surface area contributed by atoms with Crippen molar-refractivity contribution < 1.29 is 14.2 Å². The fourth-order valence-electron chi connectivity index (χ4n) is 3.89. The minimum absolute atomic E-state index is 0.241. The molecule has 4 nitrogen and oxygen atoms in total. The number of nitrogens with two attached hydrogens (primary N) is 1. The molecule has 1 aromatic rings. The predicted molar refractivity (Wildman–Crippen MR) is 97.4 cm³/mol. The molecule has 0 bridgehead atoms. The van der Waals surface area contributed by atoms with Gasteiger partial charge >= 0.3 is 0 Å². The van der Waals surface area contributed by atoms with Gasteiger partial charge in [-0.05, 0) is 69.2 Å². The molecular weight excluding hydrogens is 343 g/mol. The minimum atomic E-state index is -0.561. The van der Waals surface area contributed by atoms with Crippen LogP contribution in [-0.4, -0.2) is 47.9 Å². The Bertz CT molecular complexity index is 566. The molecule has 140 valence electrons. The summed E-state index contributed by atoms with van der Waals surface area (Å²) in [6, 6.07) is 4.46. The second-order valence-corrected chi connectivity index (χ2v) is 7.86. The Kier molecular flexibility index (Phi) is 6.55. The molecule has 3 N–H and O–H groups in total. The van der Waals surface area contributed by atoms with Gasteiger partial charge in [0.2, 0.25) is 0 Å². The van der Waals surface area contributed by atoms with E-state index in [1.165, 1.54) is 37.5 Å². The van der Waals surface area contributed by atoms with Crippen molar-refractivity contribution >= 4 is 11.6 Å². The number of hydrogen-bond donors (Lipinski definition) is 2. The molecule has 25 heavy (non-hydrogen) atoms. The molecule has 0 aromatic heterocycles. The molecule has 1 saturated heterocycles. The molecular formula is C19H28ClFN2O2. The van der Waals surface area contributed by atoms with E-state index >= 15 is 0 Å². The van der Waals surface area contributed by atoms with Crippen molar-refractivity contribution in [1.29, 1.82) is 0 Å². The number of ether oxygens (including phenoxy) is 1. The third kappa shape index (κ3) is 5.30. The number of aliphatic hydroxyl groups is 1. The van der Waals surface area contributed by atoms with Gasteiger partial charge in [0.15, 0.2) is 0 Å². The normalized spacial score (nSPS) is 31.0. The van der Waals surface area contributed by atoms with Gasteiger partial charge in [-0.3, -0.25) is 0 Å². The molecule has 3 rings (SSSR count). The highest BCUT2D eigenvalue weighted by atomic mass is 35.5. The maximum Gasteiger partial charge on any atom is 0.138 e. The third-order valence-electron chi connectivity index (χ3n) is 5.52. The highest BCUT2D eigenvalue weighted by molar-refractivity contribution is 6.32. The summed E-state index contributed by atoms with van der Waals surface area (Å²) < 4.78 is 18.9. The average molecular weight is 371 g/mol. The lowest BCUT2D eigenvalue weighted by Crippen LogP contribution is -2.49. The minimum Gasteiger partial charge on any atom is -0.486 e. The molecule has 1 saturated carbocycles. The lowest BCUT2D eigenvalue weighted by molar-refractivity contribution is -0.0266. The molecule has 0 radical (unpaired) electrons. The van der Waals surface area contributed by atoms with Crippen LogP contribution in [0.15, 0.2) is 18.2 Å². The van der Waals surface area contributed by atoms with Crippen LogP contribution in [0.2, 0.25) is 5.02 Å². The van der Waals surface area contributed by atoms with Crippen LogP contribution in [0.1, 0.15) is 38.5 Å². The van der Waals surface area contributed by atoms with E-state index < -0.39 is 11.9 Å². The summed E-state index contributed by atoms with van der Waals surface area (Å²) in [6.07, 6.45) is 5.79. The summed E-state index contributed by atoms with van der Waals surface area (Å²) in [5.41, 5.74) is 5.96. The number of aliphatic hydroxyl groups excluding tert-OH is 1. The Morgan fingerprint density at radius 2 is 2.00 bits per heavy atom. The van der Waals surface area contributed by atoms with Crippen LogP contribution in [0.4, 0.5) is 4.39 Å². The Labute approximate surface area is 154 Å². The lowest BCUT2D eigenvalue weighted by atomic mass is 9.84. The van der Waals surface area contributed by atoms with Crippen LogP contribution in [0, 0.1) is 11.7 Å². The van der Waals surface area contributed by atoms with Crippen molar-refractivity contribution in [3.63, 3.8) is 0 Å². The largest absolute Gasteiger partial charge is 0.486 e. The molecule has 0 amide bonds. The van der Waals surface area contributed by atoms with Crippen molar-refractivity contribution in [2.45, 2.75) is 56.8 Å². The zero-order chi connectivity index (χ0) is 17.8. The highest BCUT2D eigenvalue weighted by Gasteiger charge is 2.30. The fourth-order valence-corrected chi connectivity index (χ4v) is 4.10. The summed E-state index contributed by atoms with van der Waals surface area (Å²) in [4.78, 5) is 2.31. The average Bonchev–Trinajstić information content (AvgIpc) is 2.58. The number of rotatable bonds is 5. The van der Waals surface area contributed by atoms with Crippen LogP contribution in [0.5, 0.6) is 5.75 Å². The van der Waals surface area contributed by atoms with Crippen molar-refractivity contribution in [2.24, 2.45) is 11.7 Å². The standard InChI is InChI=1S/C19H28ClFN2O2/c20-16-11-14(21)3-6-18(16)25-19-8-10-23(12-17(19)24)9-7-13-1-4-15(22)5-2-13/h3,6,11,13,15,17,19,24H,1-2,4-5,7-10,12,22H2/t13-,15-,17-,19-/m0/s1. The van der Waals surface area contributed by atoms with Gasteiger partial charge in [-0.2, -0.15) is 0 Å². The summed E-state index contributed by atoms with van der Waals surface area (Å²) in [5, 5.41) is 10.7. The van der Waals surface area contributed by atoms with E-state index in [1.807, 2.05) is 0 Å². The molecule has 0 unspecified atom stereocenters. The van der Waals surface area contributed by atoms with E-state index in [4.69, 9.17) is 22.1 Å². The van der Waals surface area contributed by atoms with Gasteiger partial charge in [-0.25, -0.2) is 4.39 Å². The van der Waals surface area contributed by atoms with Crippen molar-refractivity contribution in [3.8, 4) is 5.75 Å². The van der Waals surface area contributed by atoms with Gasteiger partial charge < -0.3 is 20.5 Å². The molecule has 2 fully saturated rings. The SMILES string of the molecule is N[C@H]1CC[C@H](CCN2CC[C@H](Oc3ccc(F)cc3Cl)[C@@H](O)C2)CC1. The fraction of sp³-hybridized carbons (Fsp3) is 0.684. The number of halogens is 2. The monoisotopic (exact) mass is 370 g/mol. The van der Waals surface area contributed by atoms with Crippen LogP contribution in [-0.2, 0) is 0 Å². The highest BCUT2D eigenvalue weighted by Crippen LogP contribution is 2.29. The molecule has 1 aliphatic carbocycles. The molecule has 6 heteroatoms. The first kappa shape index (κ1) is 18.9. The lowest BCUT2D eigenvalue weighted by Gasteiger charge is -2.37. The zero-order valence-corrected chi connectivity index (χ0v) is 15.3. The van der Waals surface area contributed by atoms with Crippen molar-refractivity contribution in [3.05, 3.63) is 29.0 Å².